The lowest BCUT2D eigenvalue weighted by molar-refractivity contribution is 0.343. The van der Waals surface area contributed by atoms with Gasteiger partial charge in [0.1, 0.15) is 5.75 Å². The van der Waals surface area contributed by atoms with Crippen LogP contribution < -0.4 is 10.1 Å². The largest absolute Gasteiger partial charge is 0.493 e. The molecular weight excluding hydrogens is 302 g/mol. The number of hydrogen-bond donors (Lipinski definition) is 1. The van der Waals surface area contributed by atoms with Crippen LogP contribution >= 0.6 is 15.9 Å². The third-order valence-electron chi connectivity index (χ3n) is 4.37. The van der Waals surface area contributed by atoms with E-state index in [1.807, 2.05) is 0 Å². The van der Waals surface area contributed by atoms with Crippen LogP contribution in [0.25, 0.3) is 0 Å². The fraction of sp³-hybridized carbons (Fsp3) is 0.625. The third kappa shape index (κ3) is 2.31. The molecule has 0 aromatic heterocycles. The maximum Gasteiger partial charge on any atom is 0.126 e. The van der Waals surface area contributed by atoms with Gasteiger partial charge in [0.25, 0.3) is 0 Å². The number of hydrogen-bond acceptors (Lipinski definition) is 2. The van der Waals surface area contributed by atoms with E-state index in [2.05, 4.69) is 41.2 Å². The molecule has 1 aliphatic carbocycles. The molecule has 2 nitrogen and oxygen atoms in total. The predicted octanol–water partition coefficient (Wildman–Crippen LogP) is 4.32. The monoisotopic (exact) mass is 323 g/mol. The number of halogens is 1. The highest BCUT2D eigenvalue weighted by molar-refractivity contribution is 9.10. The van der Waals surface area contributed by atoms with E-state index in [4.69, 9.17) is 4.74 Å². The first kappa shape index (κ1) is 13.4. The van der Waals surface area contributed by atoms with Crippen molar-refractivity contribution in [2.24, 2.45) is 0 Å². The Bertz CT molecular complexity index is 486. The molecule has 1 aliphatic heterocycles. The lowest BCUT2D eigenvalue weighted by Crippen LogP contribution is -2.27. The molecule has 0 spiro atoms. The van der Waals surface area contributed by atoms with Gasteiger partial charge in [-0.05, 0) is 48.9 Å². The summed E-state index contributed by atoms with van der Waals surface area (Å²) in [6.07, 6.45) is 4.72. The lowest BCUT2D eigenvalue weighted by Gasteiger charge is -2.32. The first-order chi connectivity index (χ1) is 9.22. The minimum atomic E-state index is 0.482. The fourth-order valence-corrected chi connectivity index (χ4v) is 4.18. The van der Waals surface area contributed by atoms with Gasteiger partial charge in [0.05, 0.1) is 6.61 Å². The van der Waals surface area contributed by atoms with E-state index >= 15 is 0 Å². The van der Waals surface area contributed by atoms with Crippen molar-refractivity contribution in [3.05, 3.63) is 27.2 Å². The summed E-state index contributed by atoms with van der Waals surface area (Å²) in [5.74, 6) is 1.80. The summed E-state index contributed by atoms with van der Waals surface area (Å²) in [4.78, 5) is 0. The molecule has 2 unspecified atom stereocenters. The van der Waals surface area contributed by atoms with Crippen LogP contribution in [0.5, 0.6) is 5.75 Å². The van der Waals surface area contributed by atoms with E-state index in [-0.39, 0.29) is 0 Å². The van der Waals surface area contributed by atoms with Gasteiger partial charge in [-0.2, -0.15) is 0 Å². The quantitative estimate of drug-likeness (QED) is 0.894. The van der Waals surface area contributed by atoms with E-state index < -0.39 is 0 Å². The van der Waals surface area contributed by atoms with Gasteiger partial charge in [0, 0.05) is 22.5 Å². The maximum absolute atomic E-state index is 5.93. The molecule has 0 fully saturated rings. The van der Waals surface area contributed by atoms with E-state index in [0.717, 1.165) is 19.6 Å². The van der Waals surface area contributed by atoms with Crippen LogP contribution in [0.15, 0.2) is 10.5 Å². The number of fused-ring (bicyclic) bond motifs is 3. The van der Waals surface area contributed by atoms with E-state index in [1.165, 1.54) is 46.2 Å². The number of ether oxygens (including phenoxy) is 1. The van der Waals surface area contributed by atoms with E-state index in [0.29, 0.717) is 12.0 Å². The zero-order valence-corrected chi connectivity index (χ0v) is 13.3. The minimum Gasteiger partial charge on any atom is -0.493 e. The standard InChI is InChI=1S/C16H22BrNO/c1-3-7-18-13-5-4-10(2)14-15(13)12(17)9-11-6-8-19-16(11)14/h9-10,13,18H,3-8H2,1-2H3. The van der Waals surface area contributed by atoms with Crippen molar-refractivity contribution < 1.29 is 4.74 Å². The number of rotatable bonds is 3. The SMILES string of the molecule is CCCNC1CCC(C)c2c3c(cc(Br)c21)CCO3. The second-order valence-corrected chi connectivity index (χ2v) is 6.61. The molecule has 1 aromatic rings. The van der Waals surface area contributed by atoms with Crippen LogP contribution in [0.1, 0.15) is 61.8 Å². The third-order valence-corrected chi connectivity index (χ3v) is 5.03. The predicted molar refractivity (Wildman–Crippen MR) is 82.0 cm³/mol. The van der Waals surface area contributed by atoms with Crippen LogP contribution in [0.2, 0.25) is 0 Å². The van der Waals surface area contributed by atoms with Gasteiger partial charge in [0.15, 0.2) is 0 Å². The number of nitrogens with one attached hydrogen (secondary N) is 1. The van der Waals surface area contributed by atoms with Gasteiger partial charge in [-0.15, -0.1) is 0 Å². The molecule has 19 heavy (non-hydrogen) atoms. The highest BCUT2D eigenvalue weighted by Crippen LogP contribution is 2.48. The summed E-state index contributed by atoms with van der Waals surface area (Å²) in [7, 11) is 0. The van der Waals surface area contributed by atoms with Gasteiger partial charge in [-0.25, -0.2) is 0 Å². The van der Waals surface area contributed by atoms with Crippen LogP contribution in [-0.4, -0.2) is 13.2 Å². The van der Waals surface area contributed by atoms with Gasteiger partial charge in [0.2, 0.25) is 0 Å². The molecule has 0 bridgehead atoms. The Kier molecular flexibility index (Phi) is 3.86. The van der Waals surface area contributed by atoms with Crippen LogP contribution in [0, 0.1) is 0 Å². The molecule has 0 radical (unpaired) electrons. The van der Waals surface area contributed by atoms with Crippen molar-refractivity contribution in [2.45, 2.75) is 51.5 Å². The molecule has 104 valence electrons. The maximum atomic E-state index is 5.93. The highest BCUT2D eigenvalue weighted by Gasteiger charge is 2.32. The highest BCUT2D eigenvalue weighted by atomic mass is 79.9. The molecule has 0 saturated carbocycles. The molecule has 0 saturated heterocycles. The summed E-state index contributed by atoms with van der Waals surface area (Å²) in [6.45, 7) is 6.49. The Labute approximate surface area is 124 Å². The van der Waals surface area contributed by atoms with Crippen molar-refractivity contribution in [1.82, 2.24) is 5.32 Å². The summed E-state index contributed by atoms with van der Waals surface area (Å²) in [5, 5.41) is 3.69. The average molecular weight is 324 g/mol. The fourth-order valence-electron chi connectivity index (χ4n) is 3.41. The average Bonchev–Trinajstić information content (AvgIpc) is 2.85. The van der Waals surface area contributed by atoms with Crippen molar-refractivity contribution in [1.29, 1.82) is 0 Å². The normalized spacial score (nSPS) is 24.8. The van der Waals surface area contributed by atoms with Gasteiger partial charge in [-0.3, -0.25) is 0 Å². The van der Waals surface area contributed by atoms with Crippen molar-refractivity contribution in [3.8, 4) is 5.75 Å². The van der Waals surface area contributed by atoms with Crippen molar-refractivity contribution in [2.75, 3.05) is 13.2 Å². The van der Waals surface area contributed by atoms with Crippen LogP contribution in [0.3, 0.4) is 0 Å². The molecule has 3 rings (SSSR count). The second kappa shape index (κ2) is 5.45. The summed E-state index contributed by atoms with van der Waals surface area (Å²) in [5.41, 5.74) is 4.29. The zero-order chi connectivity index (χ0) is 13.4. The molecule has 0 amide bonds. The van der Waals surface area contributed by atoms with Crippen molar-refractivity contribution >= 4 is 15.9 Å². The molecule has 1 N–H and O–H groups in total. The lowest BCUT2D eigenvalue weighted by atomic mass is 9.79. The Morgan fingerprint density at radius 3 is 3.00 bits per heavy atom. The smallest absolute Gasteiger partial charge is 0.126 e. The zero-order valence-electron chi connectivity index (χ0n) is 11.8. The van der Waals surface area contributed by atoms with Crippen LogP contribution in [-0.2, 0) is 6.42 Å². The Morgan fingerprint density at radius 2 is 2.21 bits per heavy atom. The second-order valence-electron chi connectivity index (χ2n) is 5.76. The molecule has 1 aromatic carbocycles. The summed E-state index contributed by atoms with van der Waals surface area (Å²) < 4.78 is 7.20. The van der Waals surface area contributed by atoms with Gasteiger partial charge >= 0.3 is 0 Å². The van der Waals surface area contributed by atoms with Crippen molar-refractivity contribution in [3.63, 3.8) is 0 Å². The molecular formula is C16H22BrNO. The van der Waals surface area contributed by atoms with Gasteiger partial charge in [-0.1, -0.05) is 29.8 Å². The van der Waals surface area contributed by atoms with E-state index in [9.17, 15) is 0 Å². The molecule has 2 aliphatic rings. The Hall–Kier alpha value is -0.540. The molecule has 1 heterocycles. The summed E-state index contributed by atoms with van der Waals surface area (Å²) >= 11 is 3.80. The molecule has 2 atom stereocenters. The topological polar surface area (TPSA) is 21.3 Å². The van der Waals surface area contributed by atoms with Gasteiger partial charge < -0.3 is 10.1 Å². The van der Waals surface area contributed by atoms with Crippen LogP contribution in [0.4, 0.5) is 0 Å². The summed E-state index contributed by atoms with van der Waals surface area (Å²) in [6, 6.07) is 2.76. The first-order valence-electron chi connectivity index (χ1n) is 7.43. The van der Waals surface area contributed by atoms with E-state index in [1.54, 1.807) is 0 Å². The Morgan fingerprint density at radius 1 is 1.37 bits per heavy atom. The first-order valence-corrected chi connectivity index (χ1v) is 8.23. The number of benzene rings is 1. The minimum absolute atomic E-state index is 0.482. The Balaban J connectivity index is 2.06. The molecule has 3 heteroatoms.